The summed E-state index contributed by atoms with van der Waals surface area (Å²) < 4.78 is 18.0. The maximum absolute atomic E-state index is 12.5. The number of anilines is 1. The molecule has 1 aliphatic rings. The number of hydrogen-bond acceptors (Lipinski definition) is 4. The maximum atomic E-state index is 12.5. The summed E-state index contributed by atoms with van der Waals surface area (Å²) in [5.41, 5.74) is 6.55. The topological polar surface area (TPSA) is 55.6 Å². The molecule has 2 atom stereocenters. The molecule has 1 fully saturated rings. The zero-order chi connectivity index (χ0) is 15.2. The fraction of sp³-hybridized carbons (Fsp3) is 0.625. The number of ether oxygens (including phenoxy) is 1. The molecule has 2 N–H and O–H groups in total. The normalized spacial score (nSPS) is 21.1. The molecule has 1 aromatic carbocycles. The van der Waals surface area contributed by atoms with Gasteiger partial charge in [0.1, 0.15) is 5.75 Å². The summed E-state index contributed by atoms with van der Waals surface area (Å²) in [6.07, 6.45) is 4.73. The van der Waals surface area contributed by atoms with Crippen LogP contribution in [0, 0.1) is 0 Å². The third-order valence-electron chi connectivity index (χ3n) is 4.10. The van der Waals surface area contributed by atoms with Crippen LogP contribution >= 0.6 is 0 Å². The van der Waals surface area contributed by atoms with Gasteiger partial charge < -0.3 is 15.4 Å². The van der Waals surface area contributed by atoms with Crippen molar-refractivity contribution in [2.24, 2.45) is 0 Å². The number of hydrogen-bond donors (Lipinski definition) is 1. The van der Waals surface area contributed by atoms with Gasteiger partial charge in [0.2, 0.25) is 0 Å². The summed E-state index contributed by atoms with van der Waals surface area (Å²) in [5.74, 6) is 1.40. The van der Waals surface area contributed by atoms with E-state index in [1.165, 1.54) is 19.3 Å². The van der Waals surface area contributed by atoms with E-state index in [1.807, 2.05) is 19.1 Å². The Morgan fingerprint density at radius 2 is 2.24 bits per heavy atom. The minimum absolute atomic E-state index is 0.555. The first-order valence-corrected chi connectivity index (χ1v) is 9.04. The number of nitrogens with two attached hydrogens (primary N) is 1. The van der Waals surface area contributed by atoms with Gasteiger partial charge in [-0.2, -0.15) is 0 Å². The summed E-state index contributed by atoms with van der Waals surface area (Å²) in [7, 11) is 1.11. The van der Waals surface area contributed by atoms with Crippen molar-refractivity contribution >= 4 is 16.5 Å². The Morgan fingerprint density at radius 3 is 2.95 bits per heavy atom. The van der Waals surface area contributed by atoms with E-state index in [4.69, 9.17) is 10.5 Å². The van der Waals surface area contributed by atoms with E-state index in [0.29, 0.717) is 29.0 Å². The molecule has 0 spiro atoms. The SMILES string of the molecule is CCOc1ccc(N)c(S(=O)CCC2CCCCN2C)c1. The van der Waals surface area contributed by atoms with Crippen LogP contribution in [-0.4, -0.2) is 41.1 Å². The molecule has 21 heavy (non-hydrogen) atoms. The molecule has 0 bridgehead atoms. The van der Waals surface area contributed by atoms with Crippen molar-refractivity contribution in [3.8, 4) is 5.75 Å². The van der Waals surface area contributed by atoms with Crippen molar-refractivity contribution < 1.29 is 8.95 Å². The van der Waals surface area contributed by atoms with Gasteiger partial charge in [-0.3, -0.25) is 4.21 Å². The van der Waals surface area contributed by atoms with Crippen molar-refractivity contribution in [1.29, 1.82) is 0 Å². The Bertz CT molecular complexity index is 493. The maximum Gasteiger partial charge on any atom is 0.120 e. The van der Waals surface area contributed by atoms with E-state index in [9.17, 15) is 4.21 Å². The Labute approximate surface area is 130 Å². The molecule has 0 aromatic heterocycles. The van der Waals surface area contributed by atoms with Crippen LogP contribution in [0.1, 0.15) is 32.6 Å². The van der Waals surface area contributed by atoms with Gasteiger partial charge in [-0.1, -0.05) is 6.42 Å². The monoisotopic (exact) mass is 310 g/mol. The van der Waals surface area contributed by atoms with Gasteiger partial charge in [-0.15, -0.1) is 0 Å². The second-order valence-electron chi connectivity index (χ2n) is 5.60. The molecule has 1 saturated heterocycles. The molecular weight excluding hydrogens is 284 g/mol. The van der Waals surface area contributed by atoms with Crippen LogP contribution in [0.5, 0.6) is 5.75 Å². The minimum Gasteiger partial charge on any atom is -0.494 e. The molecule has 1 heterocycles. The second kappa shape index (κ2) is 7.80. The number of benzene rings is 1. The molecule has 5 heteroatoms. The first kappa shape index (κ1) is 16.3. The summed E-state index contributed by atoms with van der Waals surface area (Å²) in [6, 6.07) is 5.98. The number of nitrogen functional groups attached to an aromatic ring is 1. The Balaban J connectivity index is 1.97. The van der Waals surface area contributed by atoms with Crippen molar-refractivity contribution in [3.05, 3.63) is 18.2 Å². The molecule has 0 aliphatic carbocycles. The van der Waals surface area contributed by atoms with E-state index in [0.717, 1.165) is 18.7 Å². The lowest BCUT2D eigenvalue weighted by atomic mass is 10.0. The first-order valence-electron chi connectivity index (χ1n) is 7.72. The summed E-state index contributed by atoms with van der Waals surface area (Å²) in [4.78, 5) is 3.10. The van der Waals surface area contributed by atoms with Crippen molar-refractivity contribution in [1.82, 2.24) is 4.90 Å². The highest BCUT2D eigenvalue weighted by Gasteiger charge is 2.20. The van der Waals surface area contributed by atoms with E-state index >= 15 is 0 Å². The number of likely N-dealkylation sites (tertiary alicyclic amines) is 1. The van der Waals surface area contributed by atoms with Crippen LogP contribution in [0.3, 0.4) is 0 Å². The third kappa shape index (κ3) is 4.45. The smallest absolute Gasteiger partial charge is 0.120 e. The van der Waals surface area contributed by atoms with E-state index in [-0.39, 0.29) is 0 Å². The van der Waals surface area contributed by atoms with E-state index in [2.05, 4.69) is 11.9 Å². The predicted molar refractivity (Wildman–Crippen MR) is 88.2 cm³/mol. The van der Waals surface area contributed by atoms with E-state index < -0.39 is 10.8 Å². The van der Waals surface area contributed by atoms with Crippen LogP contribution in [0.2, 0.25) is 0 Å². The standard InChI is InChI=1S/C16H26N2O2S/c1-3-20-14-7-8-15(17)16(12-14)21(19)11-9-13-6-4-5-10-18(13)2/h7-8,12-13H,3-6,9-11,17H2,1-2H3. The highest BCUT2D eigenvalue weighted by atomic mass is 32.2. The lowest BCUT2D eigenvalue weighted by Gasteiger charge is -2.32. The van der Waals surface area contributed by atoms with Crippen molar-refractivity contribution in [3.63, 3.8) is 0 Å². The minimum atomic E-state index is -1.06. The molecule has 1 aliphatic heterocycles. The number of piperidine rings is 1. The summed E-state index contributed by atoms with van der Waals surface area (Å²) in [6.45, 7) is 3.69. The van der Waals surface area contributed by atoms with Gasteiger partial charge in [0.05, 0.1) is 22.3 Å². The molecule has 0 amide bonds. The van der Waals surface area contributed by atoms with Crippen LogP contribution in [-0.2, 0) is 10.8 Å². The zero-order valence-corrected chi connectivity index (χ0v) is 13.8. The van der Waals surface area contributed by atoms with Gasteiger partial charge in [-0.05, 0) is 58.0 Å². The van der Waals surface area contributed by atoms with Crippen LogP contribution in [0.4, 0.5) is 5.69 Å². The fourth-order valence-electron chi connectivity index (χ4n) is 2.83. The van der Waals surface area contributed by atoms with Crippen LogP contribution in [0.15, 0.2) is 23.1 Å². The Morgan fingerprint density at radius 1 is 1.43 bits per heavy atom. The largest absolute Gasteiger partial charge is 0.494 e. The van der Waals surface area contributed by atoms with Crippen LogP contribution < -0.4 is 10.5 Å². The molecule has 118 valence electrons. The molecular formula is C16H26N2O2S. The van der Waals surface area contributed by atoms with Crippen molar-refractivity contribution in [2.45, 2.75) is 43.5 Å². The first-order chi connectivity index (χ1) is 10.1. The molecule has 1 aromatic rings. The fourth-order valence-corrected chi connectivity index (χ4v) is 4.11. The lowest BCUT2D eigenvalue weighted by molar-refractivity contribution is 0.182. The van der Waals surface area contributed by atoms with Gasteiger partial charge in [0, 0.05) is 17.5 Å². The molecule has 0 radical (unpaired) electrons. The van der Waals surface area contributed by atoms with Crippen molar-refractivity contribution in [2.75, 3.05) is 31.7 Å². The Kier molecular flexibility index (Phi) is 6.06. The van der Waals surface area contributed by atoms with Crippen LogP contribution in [0.25, 0.3) is 0 Å². The zero-order valence-electron chi connectivity index (χ0n) is 13.0. The second-order valence-corrected chi connectivity index (χ2v) is 7.14. The molecule has 2 unspecified atom stereocenters. The van der Waals surface area contributed by atoms with Gasteiger partial charge in [-0.25, -0.2) is 0 Å². The van der Waals surface area contributed by atoms with Gasteiger partial charge >= 0.3 is 0 Å². The average molecular weight is 310 g/mol. The number of rotatable bonds is 6. The summed E-state index contributed by atoms with van der Waals surface area (Å²) in [5, 5.41) is 0. The lowest BCUT2D eigenvalue weighted by Crippen LogP contribution is -2.37. The highest BCUT2D eigenvalue weighted by Crippen LogP contribution is 2.25. The molecule has 2 rings (SSSR count). The molecule has 0 saturated carbocycles. The number of nitrogens with zero attached hydrogens (tertiary/aromatic N) is 1. The molecule has 4 nitrogen and oxygen atoms in total. The average Bonchev–Trinajstić information content (AvgIpc) is 2.48. The highest BCUT2D eigenvalue weighted by molar-refractivity contribution is 7.85. The quantitative estimate of drug-likeness (QED) is 0.821. The van der Waals surface area contributed by atoms with E-state index in [1.54, 1.807) is 6.07 Å². The predicted octanol–water partition coefficient (Wildman–Crippen LogP) is 2.65. The van der Waals surface area contributed by atoms with Gasteiger partial charge in [0.15, 0.2) is 0 Å². The van der Waals surface area contributed by atoms with Gasteiger partial charge in [0.25, 0.3) is 0 Å². The summed E-state index contributed by atoms with van der Waals surface area (Å²) >= 11 is 0. The Hall–Kier alpha value is -1.07. The third-order valence-corrected chi connectivity index (χ3v) is 5.55.